The van der Waals surface area contributed by atoms with Crippen molar-refractivity contribution in [1.29, 1.82) is 0 Å². The highest BCUT2D eigenvalue weighted by Crippen LogP contribution is 2.42. The van der Waals surface area contributed by atoms with Gasteiger partial charge in [0.05, 0.1) is 0 Å². The molecule has 1 heteroatoms. The highest BCUT2D eigenvalue weighted by Gasteiger charge is 2.16. The molecule has 0 aliphatic carbocycles. The van der Waals surface area contributed by atoms with Crippen molar-refractivity contribution >= 4 is 10.9 Å². The molecule has 1 aromatic carbocycles. The summed E-state index contributed by atoms with van der Waals surface area (Å²) in [6, 6.07) is 9.40. The van der Waals surface area contributed by atoms with Gasteiger partial charge in [-0.1, -0.05) is 45.0 Å². The molecule has 1 aliphatic heterocycles. The summed E-state index contributed by atoms with van der Waals surface area (Å²) in [7, 11) is 0.212. The normalized spacial score (nSPS) is 19.5. The third-order valence-electron chi connectivity index (χ3n) is 3.20. The van der Waals surface area contributed by atoms with Crippen LogP contribution >= 0.6 is 10.9 Å². The van der Waals surface area contributed by atoms with E-state index in [-0.39, 0.29) is 10.9 Å². The lowest BCUT2D eigenvalue weighted by atomic mass is 9.87. The Morgan fingerprint density at radius 3 is 1.93 bits per heavy atom. The van der Waals surface area contributed by atoms with Gasteiger partial charge in [0.25, 0.3) is 0 Å². The third kappa shape index (κ3) is 2.57. The van der Waals surface area contributed by atoms with Crippen molar-refractivity contribution in [3.63, 3.8) is 0 Å². The van der Waals surface area contributed by atoms with Gasteiger partial charge in [-0.25, -0.2) is 10.9 Å². The van der Waals surface area contributed by atoms with E-state index < -0.39 is 0 Å². The van der Waals surface area contributed by atoms with Crippen LogP contribution in [-0.4, -0.2) is 11.5 Å². The van der Waals surface area contributed by atoms with Crippen LogP contribution in [0.5, 0.6) is 0 Å². The van der Waals surface area contributed by atoms with Crippen molar-refractivity contribution in [3.8, 4) is 0 Å². The van der Waals surface area contributed by atoms with Crippen LogP contribution in [0.3, 0.4) is 0 Å². The molecule has 0 spiro atoms. The van der Waals surface area contributed by atoms with Crippen molar-refractivity contribution in [3.05, 3.63) is 29.8 Å². The predicted octanol–water partition coefficient (Wildman–Crippen LogP) is 4.14. The maximum atomic E-state index is 2.37. The van der Waals surface area contributed by atoms with E-state index in [9.17, 15) is 0 Å². The molecule has 0 amide bonds. The standard InChI is InChI=1S/C14H22S/c1-14(2,3)12-6-8-13(9-7-12)15-10-4-5-11-15/h6-9,15H,4-5,10-11H2,1-3H3. The quantitative estimate of drug-likeness (QED) is 0.678. The second-order valence-electron chi connectivity index (χ2n) is 5.49. The summed E-state index contributed by atoms with van der Waals surface area (Å²) < 4.78 is 0. The van der Waals surface area contributed by atoms with Gasteiger partial charge in [-0.15, -0.1) is 0 Å². The Morgan fingerprint density at radius 1 is 0.933 bits per heavy atom. The van der Waals surface area contributed by atoms with Crippen LogP contribution in [0.4, 0.5) is 0 Å². The molecular formula is C14H22S. The molecule has 84 valence electrons. The van der Waals surface area contributed by atoms with Gasteiger partial charge in [0.2, 0.25) is 0 Å². The maximum Gasteiger partial charge on any atom is -0.0125 e. The Hall–Kier alpha value is -0.430. The van der Waals surface area contributed by atoms with Crippen molar-refractivity contribution in [2.75, 3.05) is 11.5 Å². The van der Waals surface area contributed by atoms with Gasteiger partial charge in [-0.2, -0.15) is 0 Å². The van der Waals surface area contributed by atoms with Crippen molar-refractivity contribution in [1.82, 2.24) is 0 Å². The second-order valence-corrected chi connectivity index (χ2v) is 7.98. The molecule has 0 bridgehead atoms. The van der Waals surface area contributed by atoms with Gasteiger partial charge >= 0.3 is 0 Å². The van der Waals surface area contributed by atoms with Crippen LogP contribution < -0.4 is 0 Å². The highest BCUT2D eigenvalue weighted by atomic mass is 32.2. The van der Waals surface area contributed by atoms with Crippen molar-refractivity contribution in [2.24, 2.45) is 0 Å². The van der Waals surface area contributed by atoms with Crippen LogP contribution in [0.25, 0.3) is 0 Å². The van der Waals surface area contributed by atoms with Gasteiger partial charge in [-0.05, 0) is 40.2 Å². The SMILES string of the molecule is CC(C)(C)c1ccc([SH]2CCCC2)cc1. The molecule has 15 heavy (non-hydrogen) atoms. The first-order valence-corrected chi connectivity index (χ1v) is 7.64. The average molecular weight is 222 g/mol. The van der Waals surface area contributed by atoms with Crippen LogP contribution in [0, 0.1) is 0 Å². The first-order valence-electron chi connectivity index (χ1n) is 5.93. The predicted molar refractivity (Wildman–Crippen MR) is 71.4 cm³/mol. The molecule has 0 N–H and O–H groups in total. The molecule has 1 saturated heterocycles. The molecular weight excluding hydrogens is 200 g/mol. The molecule has 1 heterocycles. The molecule has 0 nitrogen and oxygen atoms in total. The fourth-order valence-corrected chi connectivity index (χ4v) is 4.67. The summed E-state index contributed by atoms with van der Waals surface area (Å²) in [5.41, 5.74) is 1.75. The molecule has 0 saturated carbocycles. The van der Waals surface area contributed by atoms with Crippen LogP contribution in [0.1, 0.15) is 39.2 Å². The van der Waals surface area contributed by atoms with Crippen LogP contribution in [-0.2, 0) is 5.41 Å². The Morgan fingerprint density at radius 2 is 1.47 bits per heavy atom. The monoisotopic (exact) mass is 222 g/mol. The zero-order valence-corrected chi connectivity index (χ0v) is 11.0. The number of hydrogen-bond acceptors (Lipinski definition) is 0. The minimum atomic E-state index is 0.212. The van der Waals surface area contributed by atoms with Gasteiger partial charge in [0.15, 0.2) is 0 Å². The van der Waals surface area contributed by atoms with Crippen LogP contribution in [0.15, 0.2) is 29.2 Å². The average Bonchev–Trinajstić information content (AvgIpc) is 2.69. The molecule has 2 rings (SSSR count). The first-order chi connectivity index (χ1) is 7.07. The summed E-state index contributed by atoms with van der Waals surface area (Å²) in [6.45, 7) is 6.84. The lowest BCUT2D eigenvalue weighted by Crippen LogP contribution is -2.10. The molecule has 0 radical (unpaired) electrons. The first kappa shape index (κ1) is 11.1. The topological polar surface area (TPSA) is 0 Å². The van der Waals surface area contributed by atoms with E-state index in [1.807, 2.05) is 0 Å². The smallest absolute Gasteiger partial charge is 0.0125 e. The molecule has 1 aliphatic rings. The van der Waals surface area contributed by atoms with Crippen molar-refractivity contribution < 1.29 is 0 Å². The number of rotatable bonds is 1. The largest absolute Gasteiger partial charge is 0.227 e. The summed E-state index contributed by atoms with van der Waals surface area (Å²) in [5, 5.41) is 0. The second kappa shape index (κ2) is 4.21. The van der Waals surface area contributed by atoms with Gasteiger partial charge in [-0.3, -0.25) is 0 Å². The third-order valence-corrected chi connectivity index (χ3v) is 5.95. The minimum Gasteiger partial charge on any atom is -0.227 e. The fourth-order valence-electron chi connectivity index (χ4n) is 2.15. The number of thiol groups is 1. The molecule has 0 aromatic heterocycles. The Labute approximate surface area is 96.4 Å². The van der Waals surface area contributed by atoms with Crippen molar-refractivity contribution in [2.45, 2.75) is 43.9 Å². The van der Waals surface area contributed by atoms with E-state index >= 15 is 0 Å². The number of benzene rings is 1. The van der Waals surface area contributed by atoms with E-state index in [1.54, 1.807) is 4.90 Å². The zero-order chi connectivity index (χ0) is 10.9. The van der Waals surface area contributed by atoms with Gasteiger partial charge < -0.3 is 0 Å². The summed E-state index contributed by atoms with van der Waals surface area (Å²) >= 11 is 0. The molecule has 0 unspecified atom stereocenters. The van der Waals surface area contributed by atoms with Gasteiger partial charge in [0.1, 0.15) is 0 Å². The van der Waals surface area contributed by atoms with Crippen LogP contribution in [0.2, 0.25) is 0 Å². The molecule has 1 fully saturated rings. The maximum absolute atomic E-state index is 2.37. The van der Waals surface area contributed by atoms with E-state index in [0.717, 1.165) is 0 Å². The Balaban J connectivity index is 2.16. The zero-order valence-electron chi connectivity index (χ0n) is 10.1. The fraction of sp³-hybridized carbons (Fsp3) is 0.571. The molecule has 0 atom stereocenters. The summed E-state index contributed by atoms with van der Waals surface area (Å²) in [5.74, 6) is 2.92. The van der Waals surface area contributed by atoms with Gasteiger partial charge in [0, 0.05) is 0 Å². The number of hydrogen-bond donors (Lipinski definition) is 1. The highest BCUT2D eigenvalue weighted by molar-refractivity contribution is 8.17. The van der Waals surface area contributed by atoms with E-state index in [0.29, 0.717) is 5.41 Å². The minimum absolute atomic E-state index is 0.212. The Kier molecular flexibility index (Phi) is 3.11. The lowest BCUT2D eigenvalue weighted by Gasteiger charge is -2.21. The molecule has 1 aromatic rings. The van der Waals surface area contributed by atoms with E-state index in [2.05, 4.69) is 45.0 Å². The Bertz CT molecular complexity index is 312. The lowest BCUT2D eigenvalue weighted by molar-refractivity contribution is 0.590. The van der Waals surface area contributed by atoms with E-state index in [1.165, 1.54) is 29.9 Å². The summed E-state index contributed by atoms with van der Waals surface area (Å²) in [4.78, 5) is 1.62. The summed E-state index contributed by atoms with van der Waals surface area (Å²) in [6.07, 6.45) is 2.90. The van der Waals surface area contributed by atoms with E-state index in [4.69, 9.17) is 0 Å².